The van der Waals surface area contributed by atoms with Gasteiger partial charge in [0.25, 0.3) is 5.56 Å². The van der Waals surface area contributed by atoms with Crippen LogP contribution >= 0.6 is 0 Å². The van der Waals surface area contributed by atoms with E-state index in [-0.39, 0.29) is 12.2 Å². The van der Waals surface area contributed by atoms with Gasteiger partial charge >= 0.3 is 0 Å². The van der Waals surface area contributed by atoms with Gasteiger partial charge < -0.3 is 19.8 Å². The fraction of sp³-hybridized carbons (Fsp3) is 0.636. The zero-order valence-electron chi connectivity index (χ0n) is 10.4. The molecule has 7 nitrogen and oxygen atoms in total. The summed E-state index contributed by atoms with van der Waals surface area (Å²) in [6, 6.07) is 1.34. The van der Waals surface area contributed by atoms with Crippen molar-refractivity contribution in [3.05, 3.63) is 22.6 Å². The summed E-state index contributed by atoms with van der Waals surface area (Å²) < 4.78 is 7.21. The molecule has 0 spiro atoms. The third kappa shape index (κ3) is 2.38. The second-order valence-electron chi connectivity index (χ2n) is 4.48. The Hall–Kier alpha value is -1.44. The average molecular weight is 255 g/mol. The highest BCUT2D eigenvalue weighted by molar-refractivity contribution is 5.28. The Balaban J connectivity index is 2.32. The Morgan fingerprint density at radius 2 is 2.33 bits per heavy atom. The number of rotatable bonds is 3. The van der Waals surface area contributed by atoms with Crippen molar-refractivity contribution in [3.8, 4) is 0 Å². The predicted molar refractivity (Wildman–Crippen MR) is 64.4 cm³/mol. The van der Waals surface area contributed by atoms with Crippen LogP contribution in [0.4, 0.5) is 5.95 Å². The monoisotopic (exact) mass is 255 g/mol. The summed E-state index contributed by atoms with van der Waals surface area (Å²) in [5.74, 6) is 0.457. The van der Waals surface area contributed by atoms with Crippen LogP contribution < -0.4 is 10.5 Å². The molecule has 1 aromatic rings. The molecule has 2 heterocycles. The minimum atomic E-state index is -0.713. The van der Waals surface area contributed by atoms with Gasteiger partial charge in [0.1, 0.15) is 12.3 Å². The number of nitrogens with zero attached hydrogens (tertiary/aromatic N) is 3. The average Bonchev–Trinajstić information content (AvgIpc) is 2.70. The lowest BCUT2D eigenvalue weighted by Crippen LogP contribution is -2.26. The lowest BCUT2D eigenvalue weighted by Gasteiger charge is -2.22. The molecule has 2 rings (SSSR count). The standard InChI is InChI=1S/C11H17N3O4/c1-13(2)11-12-9(17)3-4-14(11)10-5-7(16)8(6-15)18-10/h3-4,7-8,10,15-16H,5-6H2,1-2H3/t7-,8+,10+/m0/s1. The van der Waals surface area contributed by atoms with Crippen molar-refractivity contribution in [2.45, 2.75) is 24.9 Å². The molecule has 100 valence electrons. The molecule has 7 heteroatoms. The Kier molecular flexibility index (Phi) is 3.65. The summed E-state index contributed by atoms with van der Waals surface area (Å²) in [5, 5.41) is 18.8. The maximum absolute atomic E-state index is 11.3. The third-order valence-corrected chi connectivity index (χ3v) is 2.91. The van der Waals surface area contributed by atoms with E-state index in [1.54, 1.807) is 29.8 Å². The molecule has 0 saturated carbocycles. The first-order chi connectivity index (χ1) is 8.52. The number of aliphatic hydroxyl groups excluding tert-OH is 2. The van der Waals surface area contributed by atoms with E-state index >= 15 is 0 Å². The zero-order chi connectivity index (χ0) is 13.3. The highest BCUT2D eigenvalue weighted by Crippen LogP contribution is 2.30. The molecule has 2 N–H and O–H groups in total. The lowest BCUT2D eigenvalue weighted by molar-refractivity contribution is -0.0442. The largest absolute Gasteiger partial charge is 0.394 e. The third-order valence-electron chi connectivity index (χ3n) is 2.91. The Bertz CT molecular complexity index is 474. The molecule has 0 amide bonds. The molecule has 1 aliphatic heterocycles. The Morgan fingerprint density at radius 1 is 1.61 bits per heavy atom. The first-order valence-electron chi connectivity index (χ1n) is 5.74. The van der Waals surface area contributed by atoms with Crippen LogP contribution in [-0.4, -0.2) is 52.7 Å². The van der Waals surface area contributed by atoms with Crippen molar-refractivity contribution >= 4 is 5.95 Å². The van der Waals surface area contributed by atoms with E-state index in [4.69, 9.17) is 9.84 Å². The van der Waals surface area contributed by atoms with Crippen LogP contribution in [0.1, 0.15) is 12.6 Å². The molecule has 1 aliphatic rings. The first-order valence-corrected chi connectivity index (χ1v) is 5.74. The van der Waals surface area contributed by atoms with Crippen LogP contribution in [-0.2, 0) is 4.74 Å². The quantitative estimate of drug-likeness (QED) is 0.716. The van der Waals surface area contributed by atoms with Crippen molar-refractivity contribution < 1.29 is 14.9 Å². The highest BCUT2D eigenvalue weighted by Gasteiger charge is 2.35. The molecule has 0 bridgehead atoms. The summed E-state index contributed by atoms with van der Waals surface area (Å²) in [5.41, 5.74) is -0.327. The van der Waals surface area contributed by atoms with Gasteiger partial charge in [0, 0.05) is 32.8 Å². The second kappa shape index (κ2) is 5.05. The van der Waals surface area contributed by atoms with E-state index in [0.717, 1.165) is 0 Å². The Labute approximate surface area is 104 Å². The molecular formula is C11H17N3O4. The van der Waals surface area contributed by atoms with Crippen LogP contribution in [0.25, 0.3) is 0 Å². The van der Waals surface area contributed by atoms with E-state index in [0.29, 0.717) is 12.4 Å². The number of ether oxygens (including phenoxy) is 1. The second-order valence-corrected chi connectivity index (χ2v) is 4.48. The molecule has 0 unspecified atom stereocenters. The van der Waals surface area contributed by atoms with Crippen LogP contribution in [0, 0.1) is 0 Å². The predicted octanol–water partition coefficient (Wildman–Crippen LogP) is -1.05. The van der Waals surface area contributed by atoms with E-state index < -0.39 is 18.4 Å². The van der Waals surface area contributed by atoms with Crippen molar-refractivity contribution in [1.29, 1.82) is 0 Å². The van der Waals surface area contributed by atoms with Gasteiger partial charge in [-0.05, 0) is 0 Å². The highest BCUT2D eigenvalue weighted by atomic mass is 16.5. The Morgan fingerprint density at radius 3 is 2.89 bits per heavy atom. The number of aromatic nitrogens is 2. The summed E-state index contributed by atoms with van der Waals surface area (Å²) >= 11 is 0. The van der Waals surface area contributed by atoms with Gasteiger partial charge in [-0.3, -0.25) is 9.36 Å². The normalized spacial score (nSPS) is 27.4. The lowest BCUT2D eigenvalue weighted by atomic mass is 10.2. The fourth-order valence-electron chi connectivity index (χ4n) is 2.01. The van der Waals surface area contributed by atoms with Gasteiger partial charge in [-0.15, -0.1) is 0 Å². The van der Waals surface area contributed by atoms with E-state index in [9.17, 15) is 9.90 Å². The molecule has 1 fully saturated rings. The van der Waals surface area contributed by atoms with Gasteiger partial charge in [-0.25, -0.2) is 0 Å². The number of hydrogen-bond donors (Lipinski definition) is 2. The van der Waals surface area contributed by atoms with E-state index in [2.05, 4.69) is 4.98 Å². The van der Waals surface area contributed by atoms with Crippen molar-refractivity contribution in [2.75, 3.05) is 25.6 Å². The summed E-state index contributed by atoms with van der Waals surface area (Å²) in [7, 11) is 3.54. The van der Waals surface area contributed by atoms with E-state index in [1.807, 2.05) is 0 Å². The fourth-order valence-corrected chi connectivity index (χ4v) is 2.01. The minimum Gasteiger partial charge on any atom is -0.394 e. The van der Waals surface area contributed by atoms with Crippen molar-refractivity contribution in [2.24, 2.45) is 0 Å². The molecule has 0 aliphatic carbocycles. The van der Waals surface area contributed by atoms with Gasteiger partial charge in [0.15, 0.2) is 0 Å². The maximum Gasteiger partial charge on any atom is 0.274 e. The van der Waals surface area contributed by atoms with Crippen LogP contribution in [0.5, 0.6) is 0 Å². The number of aliphatic hydroxyl groups is 2. The van der Waals surface area contributed by atoms with E-state index in [1.165, 1.54) is 6.07 Å². The topological polar surface area (TPSA) is 87.8 Å². The van der Waals surface area contributed by atoms with Crippen molar-refractivity contribution in [1.82, 2.24) is 9.55 Å². The van der Waals surface area contributed by atoms with Crippen LogP contribution in [0.2, 0.25) is 0 Å². The first kappa shape index (κ1) is 13.0. The summed E-state index contributed by atoms with van der Waals surface area (Å²) in [6.07, 6.45) is 0.208. The van der Waals surface area contributed by atoms with Crippen LogP contribution in [0.3, 0.4) is 0 Å². The molecule has 1 aromatic heterocycles. The van der Waals surface area contributed by atoms with Gasteiger partial charge in [0.05, 0.1) is 12.7 Å². The van der Waals surface area contributed by atoms with Gasteiger partial charge in [-0.2, -0.15) is 4.98 Å². The van der Waals surface area contributed by atoms with Gasteiger partial charge in [-0.1, -0.05) is 0 Å². The molecule has 18 heavy (non-hydrogen) atoms. The molecule has 0 aromatic carbocycles. The molecular weight excluding hydrogens is 238 g/mol. The summed E-state index contributed by atoms with van der Waals surface area (Å²) in [4.78, 5) is 16.9. The molecule has 1 saturated heterocycles. The number of hydrogen-bond acceptors (Lipinski definition) is 6. The SMILES string of the molecule is CN(C)c1nc(=O)ccn1[C@H]1C[C@H](O)[C@@H](CO)O1. The smallest absolute Gasteiger partial charge is 0.274 e. The maximum atomic E-state index is 11.3. The van der Waals surface area contributed by atoms with Crippen molar-refractivity contribution in [3.63, 3.8) is 0 Å². The zero-order valence-corrected chi connectivity index (χ0v) is 10.4. The van der Waals surface area contributed by atoms with Crippen LogP contribution in [0.15, 0.2) is 17.1 Å². The molecule has 3 atom stereocenters. The minimum absolute atomic E-state index is 0.234. The number of anilines is 1. The summed E-state index contributed by atoms with van der Waals surface area (Å²) in [6.45, 7) is -0.234. The van der Waals surface area contributed by atoms with Gasteiger partial charge in [0.2, 0.25) is 5.95 Å². The molecule has 0 radical (unpaired) electrons.